The van der Waals surface area contributed by atoms with Crippen molar-refractivity contribution in [3.8, 4) is 29.0 Å². The van der Waals surface area contributed by atoms with E-state index in [2.05, 4.69) is 19.8 Å². The summed E-state index contributed by atoms with van der Waals surface area (Å²) in [5.74, 6) is 1.26. The molecule has 5 rings (SSSR count). The molecule has 0 saturated heterocycles. The number of aromatic nitrogens is 3. The number of nitrogens with zero attached hydrogens (tertiary/aromatic N) is 3. The van der Waals surface area contributed by atoms with Crippen LogP contribution in [-0.2, 0) is 16.4 Å². The Hall–Kier alpha value is -4.06. The third kappa shape index (κ3) is 3.81. The van der Waals surface area contributed by atoms with Crippen LogP contribution in [0.15, 0.2) is 52.1 Å². The average Bonchev–Trinajstić information content (AvgIpc) is 3.26. The summed E-state index contributed by atoms with van der Waals surface area (Å²) >= 11 is 0. The van der Waals surface area contributed by atoms with Crippen LogP contribution in [0.1, 0.15) is 12.0 Å². The summed E-state index contributed by atoms with van der Waals surface area (Å²) in [5, 5.41) is 4.34. The van der Waals surface area contributed by atoms with Gasteiger partial charge in [-0.3, -0.25) is 4.72 Å². The van der Waals surface area contributed by atoms with E-state index in [4.69, 9.17) is 23.5 Å². The van der Waals surface area contributed by atoms with Crippen LogP contribution in [0.2, 0.25) is 0 Å². The fourth-order valence-corrected chi connectivity index (χ4v) is 5.01. The number of sulfonamides is 1. The third-order valence-corrected chi connectivity index (χ3v) is 6.57. The molecule has 11 nitrogen and oxygen atoms in total. The molecule has 176 valence electrons. The predicted molar refractivity (Wildman–Crippen MR) is 120 cm³/mol. The molecular formula is C22H20N4O7S. The van der Waals surface area contributed by atoms with Crippen LogP contribution in [0.4, 0.5) is 5.82 Å². The van der Waals surface area contributed by atoms with Crippen molar-refractivity contribution in [2.24, 2.45) is 0 Å². The van der Waals surface area contributed by atoms with Gasteiger partial charge in [-0.1, -0.05) is 11.2 Å². The van der Waals surface area contributed by atoms with Gasteiger partial charge in [0.1, 0.15) is 22.6 Å². The number of fused-ring (bicyclic) bond motifs is 3. The molecule has 1 aliphatic heterocycles. The zero-order valence-electron chi connectivity index (χ0n) is 18.3. The van der Waals surface area contributed by atoms with Gasteiger partial charge >= 0.3 is 0 Å². The molecule has 0 unspecified atom stereocenters. The van der Waals surface area contributed by atoms with E-state index in [1.807, 2.05) is 6.07 Å². The monoisotopic (exact) mass is 484 g/mol. The minimum atomic E-state index is -4.23. The molecule has 0 fully saturated rings. The van der Waals surface area contributed by atoms with Gasteiger partial charge in [0, 0.05) is 36.2 Å². The number of anilines is 1. The third-order valence-electron chi connectivity index (χ3n) is 5.20. The number of rotatable bonds is 7. The Bertz CT molecular complexity index is 1430. The number of pyridine rings is 2. The molecule has 0 amide bonds. The van der Waals surface area contributed by atoms with Gasteiger partial charge in [-0.25, -0.2) is 18.4 Å². The smallest absolute Gasteiger partial charge is 0.272 e. The molecule has 1 aromatic carbocycles. The zero-order chi connectivity index (χ0) is 23.7. The molecule has 1 aliphatic rings. The van der Waals surface area contributed by atoms with Gasteiger partial charge in [-0.05, 0) is 18.9 Å². The van der Waals surface area contributed by atoms with Crippen molar-refractivity contribution >= 4 is 26.8 Å². The summed E-state index contributed by atoms with van der Waals surface area (Å²) < 4.78 is 56.8. The van der Waals surface area contributed by atoms with Gasteiger partial charge in [-0.15, -0.1) is 0 Å². The van der Waals surface area contributed by atoms with Crippen molar-refractivity contribution in [2.45, 2.75) is 17.7 Å². The quantitative estimate of drug-likeness (QED) is 0.415. The number of hydrogen-bond acceptors (Lipinski definition) is 10. The van der Waals surface area contributed by atoms with Crippen LogP contribution in [0, 0.1) is 0 Å². The fraction of sp³-hybridized carbons (Fsp3) is 0.227. The van der Waals surface area contributed by atoms with Crippen molar-refractivity contribution in [3.05, 3.63) is 48.3 Å². The van der Waals surface area contributed by atoms with Crippen molar-refractivity contribution in [2.75, 3.05) is 25.5 Å². The van der Waals surface area contributed by atoms with E-state index in [0.29, 0.717) is 35.8 Å². The summed E-state index contributed by atoms with van der Waals surface area (Å²) in [6.07, 6.45) is 4.44. The highest BCUT2D eigenvalue weighted by molar-refractivity contribution is 7.93. The molecule has 3 aromatic heterocycles. The lowest BCUT2D eigenvalue weighted by atomic mass is 10.0. The summed E-state index contributed by atoms with van der Waals surface area (Å²) in [6, 6.07) is 8.40. The Morgan fingerprint density at radius 3 is 2.71 bits per heavy atom. The van der Waals surface area contributed by atoms with Gasteiger partial charge in [0.15, 0.2) is 16.3 Å². The Morgan fingerprint density at radius 1 is 1.06 bits per heavy atom. The second-order valence-electron chi connectivity index (χ2n) is 7.27. The van der Waals surface area contributed by atoms with Crippen LogP contribution in [0.5, 0.6) is 29.0 Å². The van der Waals surface area contributed by atoms with E-state index >= 15 is 0 Å². The van der Waals surface area contributed by atoms with Crippen molar-refractivity contribution < 1.29 is 31.9 Å². The molecule has 34 heavy (non-hydrogen) atoms. The van der Waals surface area contributed by atoms with Crippen LogP contribution in [0.3, 0.4) is 0 Å². The molecule has 4 heterocycles. The zero-order valence-corrected chi connectivity index (χ0v) is 19.1. The van der Waals surface area contributed by atoms with E-state index < -0.39 is 10.0 Å². The largest absolute Gasteiger partial charge is 0.495 e. The first-order valence-electron chi connectivity index (χ1n) is 10.3. The van der Waals surface area contributed by atoms with Crippen molar-refractivity contribution in [3.63, 3.8) is 0 Å². The fourth-order valence-electron chi connectivity index (χ4n) is 3.73. The van der Waals surface area contributed by atoms with Crippen LogP contribution in [0.25, 0.3) is 11.0 Å². The van der Waals surface area contributed by atoms with Gasteiger partial charge in [0.05, 0.1) is 20.8 Å². The number of nitrogens with one attached hydrogen (secondary N) is 1. The highest BCUT2D eigenvalue weighted by atomic mass is 32.2. The predicted octanol–water partition coefficient (Wildman–Crippen LogP) is 3.55. The standard InChI is InChI=1S/C22H20N4O7S/c1-29-14-8-10-24-22(30-2)20(14)34(27,28)26-21-18-16(33-25-21)12-15(13-6-5-11-31-19(13)18)32-17-7-3-4-9-23-17/h3-4,7-10,12H,5-6,11H2,1-2H3,(H,25,26). The number of ether oxygens (including phenoxy) is 4. The van der Waals surface area contributed by atoms with Gasteiger partial charge in [0.2, 0.25) is 11.8 Å². The Balaban J connectivity index is 1.60. The summed E-state index contributed by atoms with van der Waals surface area (Å²) in [6.45, 7) is 0.455. The van der Waals surface area contributed by atoms with Gasteiger partial charge in [0.25, 0.3) is 10.0 Å². The van der Waals surface area contributed by atoms with E-state index in [1.54, 1.807) is 24.4 Å². The van der Waals surface area contributed by atoms with Crippen LogP contribution >= 0.6 is 0 Å². The Labute approximate surface area is 194 Å². The summed E-state index contributed by atoms with van der Waals surface area (Å²) in [5.41, 5.74) is 1.05. The number of benzene rings is 1. The topological polar surface area (TPSA) is 135 Å². The second kappa shape index (κ2) is 8.71. The van der Waals surface area contributed by atoms with Crippen LogP contribution < -0.4 is 23.7 Å². The maximum absolute atomic E-state index is 13.3. The molecule has 12 heteroatoms. The van der Waals surface area contributed by atoms with Crippen molar-refractivity contribution in [1.29, 1.82) is 0 Å². The normalized spacial score (nSPS) is 13.1. The first-order chi connectivity index (χ1) is 16.5. The maximum atomic E-state index is 13.3. The molecule has 0 radical (unpaired) electrons. The molecule has 0 bridgehead atoms. The highest BCUT2D eigenvalue weighted by Crippen LogP contribution is 2.45. The second-order valence-corrected chi connectivity index (χ2v) is 8.89. The molecule has 0 saturated carbocycles. The Kier molecular flexibility index (Phi) is 5.57. The average molecular weight is 484 g/mol. The molecule has 4 aromatic rings. The molecule has 0 atom stereocenters. The lowest BCUT2D eigenvalue weighted by Crippen LogP contribution is -2.17. The minimum absolute atomic E-state index is 0.0366. The minimum Gasteiger partial charge on any atom is -0.495 e. The molecule has 0 aliphatic carbocycles. The Morgan fingerprint density at radius 2 is 1.94 bits per heavy atom. The van der Waals surface area contributed by atoms with E-state index in [-0.39, 0.29) is 27.9 Å². The van der Waals surface area contributed by atoms with Crippen LogP contribution in [-0.4, -0.2) is 44.4 Å². The first-order valence-corrected chi connectivity index (χ1v) is 11.8. The molecular weight excluding hydrogens is 464 g/mol. The molecule has 0 spiro atoms. The molecule has 1 N–H and O–H groups in total. The SMILES string of the molecule is COc1ccnc(OC)c1S(=O)(=O)Nc1noc2cc(Oc3ccccn3)c3c(c12)OCCC3. The first kappa shape index (κ1) is 21.8. The number of hydrogen-bond donors (Lipinski definition) is 1. The number of methoxy groups -OCH3 is 2. The van der Waals surface area contributed by atoms with Gasteiger partial charge in [-0.2, -0.15) is 0 Å². The van der Waals surface area contributed by atoms with Gasteiger partial charge < -0.3 is 23.5 Å². The van der Waals surface area contributed by atoms with E-state index in [0.717, 1.165) is 12.0 Å². The maximum Gasteiger partial charge on any atom is 0.272 e. The van der Waals surface area contributed by atoms with E-state index in [1.165, 1.54) is 26.5 Å². The van der Waals surface area contributed by atoms with E-state index in [9.17, 15) is 8.42 Å². The summed E-state index contributed by atoms with van der Waals surface area (Å²) in [7, 11) is -1.55. The summed E-state index contributed by atoms with van der Waals surface area (Å²) in [4.78, 5) is 7.90. The highest BCUT2D eigenvalue weighted by Gasteiger charge is 2.31. The lowest BCUT2D eigenvalue weighted by molar-refractivity contribution is 0.288. The van der Waals surface area contributed by atoms with Crippen molar-refractivity contribution in [1.82, 2.24) is 15.1 Å². The lowest BCUT2D eigenvalue weighted by Gasteiger charge is -2.21.